The fourth-order valence-electron chi connectivity index (χ4n) is 6.67. The molecule has 2 atom stereocenters. The van der Waals surface area contributed by atoms with Crippen LogP contribution in [0.2, 0.25) is 0 Å². The number of nitrogens with zero attached hydrogens (tertiary/aromatic N) is 1. The van der Waals surface area contributed by atoms with Gasteiger partial charge in [0.2, 0.25) is 0 Å². The smallest absolute Gasteiger partial charge is 0.386 e. The first-order valence-electron chi connectivity index (χ1n) is 21.5. The lowest BCUT2D eigenvalue weighted by atomic mass is 9.91. The van der Waals surface area contributed by atoms with Gasteiger partial charge in [0.1, 0.15) is 6.04 Å². The Morgan fingerprint density at radius 3 is 1.17 bits per heavy atom. The highest BCUT2D eigenvalue weighted by atomic mass is 16.7. The Hall–Kier alpha value is -0.0951. The van der Waals surface area contributed by atoms with Crippen molar-refractivity contribution in [3.8, 4) is 0 Å². The molecule has 0 N–H and O–H groups in total. The van der Waals surface area contributed by atoms with Gasteiger partial charge in [0.15, 0.2) is 0 Å². The third-order valence-corrected chi connectivity index (χ3v) is 9.84. The predicted octanol–water partition coefficient (Wildman–Crippen LogP) is 13.7. The number of unbranched alkanes of at least 4 members (excludes halogenated alkanes) is 16. The molecule has 5 heteroatoms. The molecule has 0 bridgehead atoms. The van der Waals surface area contributed by atoms with Gasteiger partial charge in [0.05, 0.1) is 25.7 Å². The molecule has 0 aliphatic rings. The molecule has 0 amide bonds. The van der Waals surface area contributed by atoms with Crippen molar-refractivity contribution in [3.63, 3.8) is 0 Å². The molecule has 0 rings (SSSR count). The molecular formula is C42H90BNO3. The molecule has 0 radical (unpaired) electrons. The van der Waals surface area contributed by atoms with E-state index in [9.17, 15) is 0 Å². The minimum atomic E-state index is -0.527. The minimum absolute atomic E-state index is 0.195. The van der Waals surface area contributed by atoms with Gasteiger partial charge in [-0.25, -0.2) is 0 Å². The highest BCUT2D eigenvalue weighted by molar-refractivity contribution is 6.36. The van der Waals surface area contributed by atoms with Gasteiger partial charge in [-0.3, -0.25) is 0 Å². The van der Waals surface area contributed by atoms with Crippen molar-refractivity contribution in [2.24, 2.45) is 0 Å². The van der Waals surface area contributed by atoms with Gasteiger partial charge < -0.3 is 25.4 Å². The fourth-order valence-corrected chi connectivity index (χ4v) is 6.67. The van der Waals surface area contributed by atoms with Crippen molar-refractivity contribution >= 4 is 7.32 Å². The predicted molar refractivity (Wildman–Crippen MR) is 212 cm³/mol. The van der Waals surface area contributed by atoms with Crippen LogP contribution in [0.25, 0.3) is 0 Å². The summed E-state index contributed by atoms with van der Waals surface area (Å²) in [5.41, 5.74) is 0. The van der Waals surface area contributed by atoms with Crippen LogP contribution in [-0.2, 0) is 14.0 Å². The van der Waals surface area contributed by atoms with Crippen LogP contribution in [0.15, 0.2) is 0 Å². The summed E-state index contributed by atoms with van der Waals surface area (Å²) in [4.78, 5) is 0. The summed E-state index contributed by atoms with van der Waals surface area (Å²) in [5.74, 6) is 0. The number of hydrogen-bond donors (Lipinski definition) is 0. The van der Waals surface area contributed by atoms with E-state index in [1.54, 1.807) is 0 Å². The second-order valence-corrected chi connectivity index (χ2v) is 14.4. The van der Waals surface area contributed by atoms with Crippen LogP contribution in [-0.4, -0.2) is 56.8 Å². The molecule has 47 heavy (non-hydrogen) atoms. The number of rotatable bonds is 36. The third-order valence-electron chi connectivity index (χ3n) is 9.84. The summed E-state index contributed by atoms with van der Waals surface area (Å²) in [7, 11) is -0.527. The summed E-state index contributed by atoms with van der Waals surface area (Å²) in [6.45, 7) is 27.3. The molecule has 0 aliphatic carbocycles. The zero-order valence-corrected chi connectivity index (χ0v) is 34.0. The van der Waals surface area contributed by atoms with E-state index in [-0.39, 0.29) is 6.10 Å². The summed E-state index contributed by atoms with van der Waals surface area (Å²) in [5, 5.41) is 0. The Bertz CT molecular complexity index is 535. The molecule has 0 saturated heterocycles. The van der Waals surface area contributed by atoms with E-state index in [0.29, 0.717) is 6.04 Å². The van der Waals surface area contributed by atoms with E-state index in [1.807, 2.05) is 0 Å². The van der Waals surface area contributed by atoms with Gasteiger partial charge in [-0.2, -0.15) is 6.42 Å². The van der Waals surface area contributed by atoms with Crippen LogP contribution in [0.4, 0.5) is 0 Å². The van der Waals surface area contributed by atoms with Crippen LogP contribution < -0.4 is 0 Å². The van der Waals surface area contributed by atoms with E-state index in [0.717, 1.165) is 51.7 Å². The summed E-state index contributed by atoms with van der Waals surface area (Å²) < 4.78 is 21.1. The SMILES string of the molecule is CCCCCC[N+](CCCCCC)(CCCCCC)C(CCCCC)C(CCCCC)OB(OCCCC)OCCCC.[CH2-]CCC. The van der Waals surface area contributed by atoms with Crippen LogP contribution in [0.5, 0.6) is 0 Å². The van der Waals surface area contributed by atoms with Crippen molar-refractivity contribution in [2.45, 2.75) is 234 Å². The first-order chi connectivity index (χ1) is 23.0. The molecule has 0 spiro atoms. The van der Waals surface area contributed by atoms with Crippen LogP contribution >= 0.6 is 0 Å². The Balaban J connectivity index is 0. The highest BCUT2D eigenvalue weighted by Crippen LogP contribution is 2.31. The molecule has 0 aromatic rings. The van der Waals surface area contributed by atoms with Gasteiger partial charge in [0, 0.05) is 19.6 Å². The van der Waals surface area contributed by atoms with Crippen molar-refractivity contribution in [1.82, 2.24) is 0 Å². The lowest BCUT2D eigenvalue weighted by molar-refractivity contribution is -0.955. The maximum absolute atomic E-state index is 7.11. The second-order valence-electron chi connectivity index (χ2n) is 14.4. The Kier molecular flexibility index (Phi) is 40.4. The van der Waals surface area contributed by atoms with Crippen LogP contribution in [0.3, 0.4) is 0 Å². The molecule has 0 fully saturated rings. The minimum Gasteiger partial charge on any atom is -0.386 e. The molecule has 0 heterocycles. The average molecular weight is 668 g/mol. The van der Waals surface area contributed by atoms with E-state index >= 15 is 0 Å². The Morgan fingerprint density at radius 1 is 0.447 bits per heavy atom. The molecule has 4 nitrogen and oxygen atoms in total. The quantitative estimate of drug-likeness (QED) is 0.0288. The molecule has 0 aromatic carbocycles. The van der Waals surface area contributed by atoms with Crippen LogP contribution in [0, 0.1) is 6.92 Å². The zero-order valence-electron chi connectivity index (χ0n) is 34.0. The lowest BCUT2D eigenvalue weighted by Gasteiger charge is -2.49. The average Bonchev–Trinajstić information content (AvgIpc) is 3.08. The summed E-state index contributed by atoms with van der Waals surface area (Å²) in [6, 6.07) is 0.528. The maximum Gasteiger partial charge on any atom is 0.639 e. The van der Waals surface area contributed by atoms with E-state index in [2.05, 4.69) is 62.3 Å². The molecular weight excluding hydrogens is 577 g/mol. The summed E-state index contributed by atoms with van der Waals surface area (Å²) in [6.07, 6.45) is 33.1. The van der Waals surface area contributed by atoms with Gasteiger partial charge in [-0.1, -0.05) is 145 Å². The zero-order chi connectivity index (χ0) is 35.3. The van der Waals surface area contributed by atoms with E-state index < -0.39 is 7.32 Å². The van der Waals surface area contributed by atoms with E-state index in [4.69, 9.17) is 14.0 Å². The highest BCUT2D eigenvalue weighted by Gasteiger charge is 2.43. The van der Waals surface area contributed by atoms with Gasteiger partial charge in [0.25, 0.3) is 0 Å². The van der Waals surface area contributed by atoms with Gasteiger partial charge in [-0.15, -0.1) is 0 Å². The fraction of sp³-hybridized carbons (Fsp3) is 0.976. The van der Waals surface area contributed by atoms with Gasteiger partial charge >= 0.3 is 7.32 Å². The first kappa shape index (κ1) is 49.0. The monoisotopic (exact) mass is 668 g/mol. The number of hydrogen-bond acceptors (Lipinski definition) is 3. The Labute approximate surface area is 299 Å². The van der Waals surface area contributed by atoms with E-state index in [1.165, 1.54) is 153 Å². The molecule has 0 aliphatic heterocycles. The molecule has 0 aromatic heterocycles. The molecule has 284 valence electrons. The largest absolute Gasteiger partial charge is 0.639 e. The maximum atomic E-state index is 7.11. The second kappa shape index (κ2) is 38.7. The van der Waals surface area contributed by atoms with Crippen molar-refractivity contribution in [3.05, 3.63) is 6.92 Å². The molecule has 2 unspecified atom stereocenters. The summed E-state index contributed by atoms with van der Waals surface area (Å²) >= 11 is 0. The Morgan fingerprint density at radius 2 is 0.809 bits per heavy atom. The number of quaternary nitrogens is 1. The first-order valence-corrected chi connectivity index (χ1v) is 21.5. The van der Waals surface area contributed by atoms with Crippen molar-refractivity contribution in [2.75, 3.05) is 32.8 Å². The standard InChI is InChI=1S/C38H81BNO3.C4H9/c1-8-15-22-27-32-40(33-28-23-16-9-2,34-29-24-17-10-3)37(30-25-18-11-4)38(31-26-19-12-5)43-39(41-35-20-13-6)42-36-21-14-7;1-3-4-2/h37-38H,8-36H2,1-7H3;1,3-4H2,2H3/q+1;-1. The van der Waals surface area contributed by atoms with Crippen LogP contribution in [0.1, 0.15) is 222 Å². The van der Waals surface area contributed by atoms with Gasteiger partial charge in [-0.05, 0) is 64.2 Å². The normalized spacial score (nSPS) is 13.0. The molecule has 0 saturated carbocycles. The van der Waals surface area contributed by atoms with Crippen molar-refractivity contribution in [1.29, 1.82) is 0 Å². The third kappa shape index (κ3) is 28.3. The lowest BCUT2D eigenvalue weighted by Crippen LogP contribution is -2.62. The topological polar surface area (TPSA) is 27.7 Å². The van der Waals surface area contributed by atoms with Crippen molar-refractivity contribution < 1.29 is 18.4 Å².